The van der Waals surface area contributed by atoms with E-state index < -0.39 is 11.9 Å². The summed E-state index contributed by atoms with van der Waals surface area (Å²) in [6.45, 7) is 2.64. The van der Waals surface area contributed by atoms with E-state index in [4.69, 9.17) is 10.5 Å². The summed E-state index contributed by atoms with van der Waals surface area (Å²) in [6, 6.07) is 0. The molecule has 0 saturated carbocycles. The summed E-state index contributed by atoms with van der Waals surface area (Å²) in [7, 11) is 0. The van der Waals surface area contributed by atoms with Crippen molar-refractivity contribution in [3.8, 4) is 0 Å². The van der Waals surface area contributed by atoms with Gasteiger partial charge in [0.25, 0.3) is 0 Å². The molecule has 0 bridgehead atoms. The van der Waals surface area contributed by atoms with E-state index >= 15 is 0 Å². The minimum Gasteiger partial charge on any atom is -0.465 e. The van der Waals surface area contributed by atoms with Gasteiger partial charge in [0, 0.05) is 0 Å². The summed E-state index contributed by atoms with van der Waals surface area (Å²) in [5.74, 6) is -1.14. The Balaban J connectivity index is 3.10. The fourth-order valence-corrected chi connectivity index (χ4v) is 1.97. The Labute approximate surface area is 117 Å². The average Bonchev–Trinajstić information content (AvgIpc) is 2.35. The van der Waals surface area contributed by atoms with E-state index in [1.54, 1.807) is 0 Å². The van der Waals surface area contributed by atoms with Crippen molar-refractivity contribution in [1.29, 1.82) is 0 Å². The molecule has 2 N–H and O–H groups in total. The van der Waals surface area contributed by atoms with E-state index in [1.807, 2.05) is 0 Å². The van der Waals surface area contributed by atoms with Crippen LogP contribution in [0, 0.1) is 0 Å². The van der Waals surface area contributed by atoms with Crippen molar-refractivity contribution in [3.05, 3.63) is 0 Å². The van der Waals surface area contributed by atoms with Gasteiger partial charge in [0.15, 0.2) is 0 Å². The third kappa shape index (κ3) is 14.9. The highest BCUT2D eigenvalue weighted by Gasteiger charge is 2.06. The smallest absolute Gasteiger partial charge is 0.315 e. The zero-order valence-corrected chi connectivity index (χ0v) is 12.3. The van der Waals surface area contributed by atoms with Crippen LogP contribution >= 0.6 is 0 Å². The number of hydrogen-bond donors (Lipinski definition) is 1. The number of carbonyl (C=O) groups is 2. The van der Waals surface area contributed by atoms with Crippen molar-refractivity contribution in [2.75, 3.05) is 6.61 Å². The molecule has 112 valence electrons. The minimum absolute atomic E-state index is 0.308. The van der Waals surface area contributed by atoms with Crippen molar-refractivity contribution in [2.24, 2.45) is 5.73 Å². The Morgan fingerprint density at radius 3 is 1.79 bits per heavy atom. The Morgan fingerprint density at radius 2 is 1.32 bits per heavy atom. The van der Waals surface area contributed by atoms with Gasteiger partial charge in [-0.25, -0.2) is 0 Å². The quantitative estimate of drug-likeness (QED) is 0.317. The monoisotopic (exact) mass is 271 g/mol. The maximum Gasteiger partial charge on any atom is 0.315 e. The van der Waals surface area contributed by atoms with Gasteiger partial charge in [-0.15, -0.1) is 0 Å². The first-order chi connectivity index (χ1) is 9.16. The van der Waals surface area contributed by atoms with Crippen LogP contribution in [0.3, 0.4) is 0 Å². The van der Waals surface area contributed by atoms with Gasteiger partial charge in [-0.2, -0.15) is 0 Å². The first kappa shape index (κ1) is 17.9. The molecule has 0 unspecified atom stereocenters. The molecular formula is C15H29NO3. The maximum atomic E-state index is 11.0. The van der Waals surface area contributed by atoms with Gasteiger partial charge >= 0.3 is 5.97 Å². The second-order valence-electron chi connectivity index (χ2n) is 5.05. The Kier molecular flexibility index (Phi) is 12.6. The van der Waals surface area contributed by atoms with Crippen molar-refractivity contribution < 1.29 is 14.3 Å². The molecule has 0 aliphatic carbocycles. The van der Waals surface area contributed by atoms with Crippen molar-refractivity contribution in [1.82, 2.24) is 0 Å². The van der Waals surface area contributed by atoms with Crippen LogP contribution in [-0.4, -0.2) is 18.5 Å². The molecule has 0 rings (SSSR count). The Bertz CT molecular complexity index is 242. The molecule has 0 spiro atoms. The number of esters is 1. The lowest BCUT2D eigenvalue weighted by molar-refractivity contribution is -0.145. The zero-order chi connectivity index (χ0) is 14.3. The first-order valence-electron chi connectivity index (χ1n) is 7.60. The lowest BCUT2D eigenvalue weighted by Crippen LogP contribution is -2.18. The number of primary amides is 1. The summed E-state index contributed by atoms with van der Waals surface area (Å²) >= 11 is 0. The summed E-state index contributed by atoms with van der Waals surface area (Å²) in [4.78, 5) is 21.4. The van der Waals surface area contributed by atoms with E-state index in [0.717, 1.165) is 12.8 Å². The third-order valence-electron chi connectivity index (χ3n) is 3.08. The molecule has 0 aromatic carbocycles. The predicted molar refractivity (Wildman–Crippen MR) is 76.6 cm³/mol. The number of ether oxygens (including phenoxy) is 1. The topological polar surface area (TPSA) is 69.4 Å². The molecule has 0 aliphatic rings. The summed E-state index contributed by atoms with van der Waals surface area (Å²) in [5, 5.41) is 0. The van der Waals surface area contributed by atoms with Crippen LogP contribution in [0.15, 0.2) is 0 Å². The molecule has 0 aliphatic heterocycles. The molecule has 1 amide bonds. The van der Waals surface area contributed by atoms with E-state index in [0.29, 0.717) is 6.61 Å². The van der Waals surface area contributed by atoms with Gasteiger partial charge in [0.2, 0.25) is 5.91 Å². The molecule has 0 radical (unpaired) electrons. The maximum absolute atomic E-state index is 11.0. The lowest BCUT2D eigenvalue weighted by Gasteiger charge is -2.04. The summed E-state index contributed by atoms with van der Waals surface area (Å²) in [5.41, 5.74) is 4.88. The van der Waals surface area contributed by atoms with Crippen LogP contribution in [-0.2, 0) is 14.3 Å². The van der Waals surface area contributed by atoms with Crippen LogP contribution in [0.2, 0.25) is 0 Å². The highest BCUT2D eigenvalue weighted by atomic mass is 16.5. The van der Waals surface area contributed by atoms with E-state index in [2.05, 4.69) is 6.92 Å². The second kappa shape index (κ2) is 13.4. The standard InChI is InChI=1S/C15H29NO3/c1-2-3-4-5-6-7-8-9-10-11-12-19-15(18)13-14(16)17/h2-13H2,1H3,(H2,16,17). The predicted octanol–water partition coefficient (Wildman–Crippen LogP) is 3.33. The molecule has 0 saturated heterocycles. The van der Waals surface area contributed by atoms with Gasteiger partial charge in [0.1, 0.15) is 6.42 Å². The molecule has 0 heterocycles. The summed E-state index contributed by atoms with van der Waals surface area (Å²) in [6.07, 6.45) is 12.1. The van der Waals surface area contributed by atoms with Crippen molar-refractivity contribution in [3.63, 3.8) is 0 Å². The van der Waals surface area contributed by atoms with Crippen LogP contribution < -0.4 is 5.73 Å². The zero-order valence-electron chi connectivity index (χ0n) is 12.3. The number of nitrogens with two attached hydrogens (primary N) is 1. The number of amides is 1. The van der Waals surface area contributed by atoms with Crippen LogP contribution in [0.5, 0.6) is 0 Å². The van der Waals surface area contributed by atoms with Crippen LogP contribution in [0.4, 0.5) is 0 Å². The Morgan fingerprint density at radius 1 is 0.842 bits per heavy atom. The largest absolute Gasteiger partial charge is 0.465 e. The molecule has 0 atom stereocenters. The highest BCUT2D eigenvalue weighted by molar-refractivity contribution is 5.93. The minimum atomic E-state index is -0.631. The molecule has 4 heteroatoms. The van der Waals surface area contributed by atoms with E-state index in [9.17, 15) is 9.59 Å². The van der Waals surface area contributed by atoms with E-state index in [-0.39, 0.29) is 6.42 Å². The molecular weight excluding hydrogens is 242 g/mol. The van der Waals surface area contributed by atoms with Crippen molar-refractivity contribution >= 4 is 11.9 Å². The van der Waals surface area contributed by atoms with Gasteiger partial charge in [-0.05, 0) is 6.42 Å². The molecule has 19 heavy (non-hydrogen) atoms. The fourth-order valence-electron chi connectivity index (χ4n) is 1.97. The fraction of sp³-hybridized carbons (Fsp3) is 0.867. The van der Waals surface area contributed by atoms with Crippen LogP contribution in [0.25, 0.3) is 0 Å². The lowest BCUT2D eigenvalue weighted by atomic mass is 10.1. The average molecular weight is 271 g/mol. The van der Waals surface area contributed by atoms with Gasteiger partial charge < -0.3 is 10.5 Å². The summed E-state index contributed by atoms with van der Waals surface area (Å²) < 4.78 is 4.89. The van der Waals surface area contributed by atoms with Crippen molar-refractivity contribution in [2.45, 2.75) is 77.6 Å². The molecule has 0 fully saturated rings. The number of carbonyl (C=O) groups excluding carboxylic acids is 2. The van der Waals surface area contributed by atoms with E-state index in [1.165, 1.54) is 51.4 Å². The van der Waals surface area contributed by atoms with Gasteiger partial charge in [-0.3, -0.25) is 9.59 Å². The van der Waals surface area contributed by atoms with Crippen LogP contribution in [0.1, 0.15) is 77.6 Å². The third-order valence-corrected chi connectivity index (χ3v) is 3.08. The first-order valence-corrected chi connectivity index (χ1v) is 7.60. The van der Waals surface area contributed by atoms with Gasteiger partial charge in [-0.1, -0.05) is 64.7 Å². The second-order valence-corrected chi connectivity index (χ2v) is 5.05. The van der Waals surface area contributed by atoms with Gasteiger partial charge in [0.05, 0.1) is 6.61 Å². The number of hydrogen-bond acceptors (Lipinski definition) is 3. The highest BCUT2D eigenvalue weighted by Crippen LogP contribution is 2.10. The SMILES string of the molecule is CCCCCCCCCCCCOC(=O)CC(N)=O. The molecule has 4 nitrogen and oxygen atoms in total. The number of rotatable bonds is 13. The molecule has 0 aromatic rings. The molecule has 0 aromatic heterocycles. The normalized spacial score (nSPS) is 10.4. The number of unbranched alkanes of at least 4 members (excludes halogenated alkanes) is 9. The Hall–Kier alpha value is -1.06.